The first-order chi connectivity index (χ1) is 14.5. The van der Waals surface area contributed by atoms with Gasteiger partial charge in [0, 0.05) is 30.4 Å². The van der Waals surface area contributed by atoms with Gasteiger partial charge in [0.2, 0.25) is 11.3 Å². The maximum Gasteiger partial charge on any atom is 0.276 e. The van der Waals surface area contributed by atoms with Crippen molar-refractivity contribution in [1.29, 1.82) is 0 Å². The molecule has 0 aliphatic carbocycles. The molecule has 1 aromatic heterocycles. The number of carbonyl (C=O) groups excluding carboxylic acids is 2. The van der Waals surface area contributed by atoms with Crippen molar-refractivity contribution < 1.29 is 9.59 Å². The van der Waals surface area contributed by atoms with Crippen LogP contribution in [0.15, 0.2) is 65.5 Å². The van der Waals surface area contributed by atoms with Gasteiger partial charge in [0.25, 0.3) is 5.91 Å². The molecule has 154 valence electrons. The average Bonchev–Trinajstić information content (AvgIpc) is 2.73. The van der Waals surface area contributed by atoms with Gasteiger partial charge in [-0.05, 0) is 43.2 Å². The van der Waals surface area contributed by atoms with Gasteiger partial charge in [-0.1, -0.05) is 37.3 Å². The second-order valence-corrected chi connectivity index (χ2v) is 6.93. The highest BCUT2D eigenvalue weighted by Gasteiger charge is 2.15. The van der Waals surface area contributed by atoms with Crippen LogP contribution >= 0.6 is 0 Å². The first-order valence-corrected chi connectivity index (χ1v) is 9.81. The molecule has 0 atom stereocenters. The molecule has 30 heavy (non-hydrogen) atoms. The van der Waals surface area contributed by atoms with Crippen LogP contribution < -0.4 is 16.1 Å². The van der Waals surface area contributed by atoms with Crippen LogP contribution in [0.1, 0.15) is 41.5 Å². The molecule has 0 saturated heterocycles. The normalized spacial score (nSPS) is 10.5. The predicted molar refractivity (Wildman–Crippen MR) is 116 cm³/mol. The van der Waals surface area contributed by atoms with Crippen LogP contribution in [0, 0.1) is 6.92 Å². The zero-order chi connectivity index (χ0) is 21.5. The molecule has 0 unspecified atom stereocenters. The van der Waals surface area contributed by atoms with Crippen LogP contribution in [0.4, 0.5) is 5.69 Å². The number of rotatable bonds is 7. The molecule has 2 N–H and O–H groups in total. The molecule has 2 amide bonds. The molecule has 0 spiro atoms. The second-order valence-electron chi connectivity index (χ2n) is 6.93. The Hall–Kier alpha value is -3.74. The third-order valence-corrected chi connectivity index (χ3v) is 4.46. The summed E-state index contributed by atoms with van der Waals surface area (Å²) in [5.41, 5.74) is 2.26. The topological polar surface area (TPSA) is 93.1 Å². The smallest absolute Gasteiger partial charge is 0.276 e. The van der Waals surface area contributed by atoms with Gasteiger partial charge in [-0.3, -0.25) is 14.4 Å². The van der Waals surface area contributed by atoms with Crippen molar-refractivity contribution in [2.75, 3.05) is 5.32 Å². The molecule has 0 bridgehead atoms. The van der Waals surface area contributed by atoms with Crippen molar-refractivity contribution in [1.82, 2.24) is 15.1 Å². The predicted octanol–water partition coefficient (Wildman–Crippen LogP) is 3.21. The molecule has 7 nitrogen and oxygen atoms in total. The Morgan fingerprint density at radius 3 is 2.53 bits per heavy atom. The molecule has 0 saturated carbocycles. The van der Waals surface area contributed by atoms with Gasteiger partial charge in [-0.25, -0.2) is 4.68 Å². The Kier molecular flexibility index (Phi) is 6.75. The summed E-state index contributed by atoms with van der Waals surface area (Å²) in [6.07, 6.45) is 1.22. The van der Waals surface area contributed by atoms with Gasteiger partial charge in [0.1, 0.15) is 0 Å². The van der Waals surface area contributed by atoms with Gasteiger partial charge >= 0.3 is 0 Å². The number of nitrogens with zero attached hydrogens (tertiary/aromatic N) is 2. The van der Waals surface area contributed by atoms with E-state index in [2.05, 4.69) is 15.7 Å². The Morgan fingerprint density at radius 1 is 1.03 bits per heavy atom. The summed E-state index contributed by atoms with van der Waals surface area (Å²) >= 11 is 0. The number of benzene rings is 2. The van der Waals surface area contributed by atoms with Crippen molar-refractivity contribution in [3.05, 3.63) is 87.8 Å². The maximum absolute atomic E-state index is 12.6. The monoisotopic (exact) mass is 404 g/mol. The van der Waals surface area contributed by atoms with Crippen LogP contribution in [0.25, 0.3) is 5.69 Å². The van der Waals surface area contributed by atoms with E-state index < -0.39 is 11.3 Å². The number of anilines is 1. The van der Waals surface area contributed by atoms with E-state index in [-0.39, 0.29) is 18.1 Å². The summed E-state index contributed by atoms with van der Waals surface area (Å²) in [4.78, 5) is 36.7. The lowest BCUT2D eigenvalue weighted by molar-refractivity contribution is -0.116. The number of carbonyl (C=O) groups is 2. The average molecular weight is 404 g/mol. The van der Waals surface area contributed by atoms with Crippen LogP contribution in [-0.2, 0) is 11.3 Å². The van der Waals surface area contributed by atoms with E-state index in [4.69, 9.17) is 0 Å². The number of hydrogen-bond donors (Lipinski definition) is 2. The molecule has 0 fully saturated rings. The third-order valence-electron chi connectivity index (χ3n) is 4.46. The zero-order valence-corrected chi connectivity index (χ0v) is 17.0. The Bertz CT molecular complexity index is 1110. The lowest BCUT2D eigenvalue weighted by Crippen LogP contribution is -2.31. The fraction of sp³-hybridized carbons (Fsp3) is 0.217. The van der Waals surface area contributed by atoms with E-state index >= 15 is 0 Å². The minimum atomic E-state index is -0.551. The van der Waals surface area contributed by atoms with Crippen LogP contribution in [0.3, 0.4) is 0 Å². The van der Waals surface area contributed by atoms with E-state index in [1.165, 1.54) is 6.07 Å². The number of aryl methyl sites for hydroxylation is 1. The molecule has 3 aromatic rings. The number of aromatic nitrogens is 2. The van der Waals surface area contributed by atoms with E-state index in [1.807, 2.05) is 43.3 Å². The summed E-state index contributed by atoms with van der Waals surface area (Å²) in [7, 11) is 0. The highest BCUT2D eigenvalue weighted by Crippen LogP contribution is 2.12. The Labute approximate surface area is 174 Å². The summed E-state index contributed by atoms with van der Waals surface area (Å²) in [5.74, 6) is -0.603. The lowest BCUT2D eigenvalue weighted by atomic mass is 10.2. The first-order valence-electron chi connectivity index (χ1n) is 9.81. The number of amides is 2. The van der Waals surface area contributed by atoms with Crippen molar-refractivity contribution in [2.45, 2.75) is 33.2 Å². The van der Waals surface area contributed by atoms with E-state index in [9.17, 15) is 14.4 Å². The molecule has 0 radical (unpaired) electrons. The highest BCUT2D eigenvalue weighted by molar-refractivity contribution is 5.92. The highest BCUT2D eigenvalue weighted by atomic mass is 16.2. The van der Waals surface area contributed by atoms with Crippen LogP contribution in [0.2, 0.25) is 0 Å². The minimum absolute atomic E-state index is 0.0518. The van der Waals surface area contributed by atoms with Crippen molar-refractivity contribution in [3.8, 4) is 5.69 Å². The summed E-state index contributed by atoms with van der Waals surface area (Å²) in [6.45, 7) is 3.91. The molecule has 0 aliphatic rings. The maximum atomic E-state index is 12.6. The van der Waals surface area contributed by atoms with Gasteiger partial charge in [-0.2, -0.15) is 5.10 Å². The van der Waals surface area contributed by atoms with E-state index in [0.29, 0.717) is 17.8 Å². The summed E-state index contributed by atoms with van der Waals surface area (Å²) < 4.78 is 1.57. The molecule has 3 rings (SSSR count). The van der Waals surface area contributed by atoms with Gasteiger partial charge in [-0.15, -0.1) is 0 Å². The van der Waals surface area contributed by atoms with Crippen LogP contribution in [-0.4, -0.2) is 21.6 Å². The molecular weight excluding hydrogens is 380 g/mol. The van der Waals surface area contributed by atoms with E-state index in [0.717, 1.165) is 17.7 Å². The standard InChI is InChI=1S/C23H24N4O3/c1-3-8-21(29)25-18-10-7-9-17(14-18)15-24-23(30)22-20(28)13-16(2)27(26-22)19-11-5-4-6-12-19/h4-7,9-14H,3,8,15H2,1-2H3,(H,24,30)(H,25,29). The fourth-order valence-electron chi connectivity index (χ4n) is 3.01. The van der Waals surface area contributed by atoms with Crippen LogP contribution in [0.5, 0.6) is 0 Å². The molecular formula is C23H24N4O3. The molecule has 0 aliphatic heterocycles. The minimum Gasteiger partial charge on any atom is -0.346 e. The largest absolute Gasteiger partial charge is 0.346 e. The van der Waals surface area contributed by atoms with Gasteiger partial charge in [0.15, 0.2) is 5.69 Å². The Balaban J connectivity index is 1.74. The summed E-state index contributed by atoms with van der Waals surface area (Å²) in [5, 5.41) is 9.83. The molecule has 7 heteroatoms. The quantitative estimate of drug-likeness (QED) is 0.632. The van der Waals surface area contributed by atoms with Gasteiger partial charge < -0.3 is 10.6 Å². The fourth-order valence-corrected chi connectivity index (χ4v) is 3.01. The Morgan fingerprint density at radius 2 is 1.80 bits per heavy atom. The van der Waals surface area contributed by atoms with Crippen molar-refractivity contribution in [2.24, 2.45) is 0 Å². The van der Waals surface area contributed by atoms with Gasteiger partial charge in [0.05, 0.1) is 5.69 Å². The SMILES string of the molecule is CCCC(=O)Nc1cccc(CNC(=O)c2nn(-c3ccccc3)c(C)cc2=O)c1. The molecule has 1 heterocycles. The third kappa shape index (κ3) is 5.20. The lowest BCUT2D eigenvalue weighted by Gasteiger charge is -2.12. The second kappa shape index (κ2) is 9.65. The molecule has 2 aromatic carbocycles. The first kappa shape index (κ1) is 21.0. The number of nitrogens with one attached hydrogen (secondary N) is 2. The zero-order valence-electron chi connectivity index (χ0n) is 17.0. The van der Waals surface area contributed by atoms with Crippen molar-refractivity contribution in [3.63, 3.8) is 0 Å². The number of hydrogen-bond acceptors (Lipinski definition) is 4. The van der Waals surface area contributed by atoms with E-state index in [1.54, 1.807) is 29.8 Å². The number of para-hydroxylation sites is 1. The summed E-state index contributed by atoms with van der Waals surface area (Å²) in [6, 6.07) is 17.9. The van der Waals surface area contributed by atoms with Crippen molar-refractivity contribution >= 4 is 17.5 Å².